The Morgan fingerprint density at radius 2 is 2.24 bits per heavy atom. The van der Waals surface area contributed by atoms with Gasteiger partial charge in [-0.2, -0.15) is 0 Å². The number of sulfonamides is 1. The maximum absolute atomic E-state index is 12.2. The van der Waals surface area contributed by atoms with Crippen LogP contribution in [0.2, 0.25) is 0 Å². The molecule has 1 aromatic heterocycles. The molecule has 21 heavy (non-hydrogen) atoms. The summed E-state index contributed by atoms with van der Waals surface area (Å²) in [5.41, 5.74) is 5.64. The van der Waals surface area contributed by atoms with E-state index in [0.29, 0.717) is 6.54 Å². The standard InChI is InChI=1S/C13H20N2O5S/c1-2-19-13(16)11-6-7-12(20-11)21(17,18)15-10-5-3-4-9(10)8-14/h6-7,9-10,15H,2-5,8,14H2,1H3. The summed E-state index contributed by atoms with van der Waals surface area (Å²) in [4.78, 5) is 11.5. The van der Waals surface area contributed by atoms with Crippen molar-refractivity contribution in [3.05, 3.63) is 17.9 Å². The molecule has 118 valence electrons. The van der Waals surface area contributed by atoms with Gasteiger partial charge in [-0.15, -0.1) is 0 Å². The molecule has 7 nitrogen and oxygen atoms in total. The van der Waals surface area contributed by atoms with Crippen LogP contribution in [-0.2, 0) is 14.8 Å². The smallest absolute Gasteiger partial charge is 0.374 e. The van der Waals surface area contributed by atoms with Gasteiger partial charge in [0.1, 0.15) is 0 Å². The molecular formula is C13H20N2O5S. The number of nitrogens with two attached hydrogens (primary N) is 1. The molecule has 3 N–H and O–H groups in total. The van der Waals surface area contributed by atoms with Crippen molar-refractivity contribution < 1.29 is 22.4 Å². The molecule has 0 saturated heterocycles. The Hall–Kier alpha value is -1.38. The highest BCUT2D eigenvalue weighted by atomic mass is 32.2. The molecule has 0 spiro atoms. The summed E-state index contributed by atoms with van der Waals surface area (Å²) in [5, 5.41) is -0.284. The van der Waals surface area contributed by atoms with Crippen molar-refractivity contribution in [2.75, 3.05) is 13.2 Å². The third-order valence-corrected chi connectivity index (χ3v) is 4.95. The van der Waals surface area contributed by atoms with E-state index in [1.54, 1.807) is 6.92 Å². The van der Waals surface area contributed by atoms with E-state index < -0.39 is 16.0 Å². The molecule has 2 atom stereocenters. The quantitative estimate of drug-likeness (QED) is 0.753. The average Bonchev–Trinajstić information content (AvgIpc) is 3.07. The van der Waals surface area contributed by atoms with E-state index in [1.807, 2.05) is 0 Å². The minimum absolute atomic E-state index is 0.126. The summed E-state index contributed by atoms with van der Waals surface area (Å²) in [6, 6.07) is 2.36. The number of carbonyl (C=O) groups excluding carboxylic acids is 1. The summed E-state index contributed by atoms with van der Waals surface area (Å²) in [6.07, 6.45) is 2.61. The van der Waals surface area contributed by atoms with E-state index in [0.717, 1.165) is 19.3 Å². The van der Waals surface area contributed by atoms with Crippen LogP contribution in [0.1, 0.15) is 36.7 Å². The highest BCUT2D eigenvalue weighted by molar-refractivity contribution is 7.89. The Kier molecular flexibility index (Phi) is 5.02. The first kappa shape index (κ1) is 16.0. The van der Waals surface area contributed by atoms with Gasteiger partial charge in [-0.05, 0) is 44.4 Å². The zero-order valence-corrected chi connectivity index (χ0v) is 12.7. The maximum Gasteiger partial charge on any atom is 0.374 e. The fraction of sp³-hybridized carbons (Fsp3) is 0.615. The molecule has 0 radical (unpaired) electrons. The van der Waals surface area contributed by atoms with Gasteiger partial charge in [-0.25, -0.2) is 17.9 Å². The van der Waals surface area contributed by atoms with Crippen LogP contribution in [0.5, 0.6) is 0 Å². The van der Waals surface area contributed by atoms with Crippen LogP contribution >= 0.6 is 0 Å². The summed E-state index contributed by atoms with van der Waals surface area (Å²) in [5.74, 6) is -0.669. The lowest BCUT2D eigenvalue weighted by atomic mass is 10.1. The summed E-state index contributed by atoms with van der Waals surface area (Å²) >= 11 is 0. The average molecular weight is 316 g/mol. The molecule has 1 saturated carbocycles. The van der Waals surface area contributed by atoms with Gasteiger partial charge >= 0.3 is 5.97 Å². The van der Waals surface area contributed by atoms with Crippen LogP contribution < -0.4 is 10.5 Å². The second-order valence-corrected chi connectivity index (χ2v) is 6.64. The van der Waals surface area contributed by atoms with Gasteiger partial charge in [-0.1, -0.05) is 6.42 Å². The van der Waals surface area contributed by atoms with Crippen LogP contribution in [0.15, 0.2) is 21.6 Å². The predicted molar refractivity (Wildman–Crippen MR) is 75.2 cm³/mol. The SMILES string of the molecule is CCOC(=O)c1ccc(S(=O)(=O)NC2CCCC2CN)o1. The number of nitrogens with one attached hydrogen (secondary N) is 1. The number of hydrogen-bond acceptors (Lipinski definition) is 6. The Morgan fingerprint density at radius 1 is 1.48 bits per heavy atom. The Labute approximate surface area is 123 Å². The van der Waals surface area contributed by atoms with Gasteiger partial charge in [0.25, 0.3) is 10.0 Å². The maximum atomic E-state index is 12.2. The predicted octanol–water partition coefficient (Wildman–Crippen LogP) is 0.862. The first-order chi connectivity index (χ1) is 9.97. The van der Waals surface area contributed by atoms with Crippen molar-refractivity contribution >= 4 is 16.0 Å². The van der Waals surface area contributed by atoms with Gasteiger partial charge in [0.15, 0.2) is 0 Å². The molecule has 0 bridgehead atoms. The molecule has 2 unspecified atom stereocenters. The van der Waals surface area contributed by atoms with Crippen molar-refractivity contribution in [3.63, 3.8) is 0 Å². The highest BCUT2D eigenvalue weighted by Crippen LogP contribution is 2.26. The lowest BCUT2D eigenvalue weighted by Gasteiger charge is -2.18. The van der Waals surface area contributed by atoms with Crippen molar-refractivity contribution in [2.45, 2.75) is 37.3 Å². The Balaban J connectivity index is 2.11. The minimum Gasteiger partial charge on any atom is -0.460 e. The van der Waals surface area contributed by atoms with Crippen LogP contribution in [0.3, 0.4) is 0 Å². The monoisotopic (exact) mass is 316 g/mol. The number of ether oxygens (including phenoxy) is 1. The molecule has 1 aliphatic rings. The molecule has 1 aromatic rings. The van der Waals surface area contributed by atoms with E-state index >= 15 is 0 Å². The van der Waals surface area contributed by atoms with Crippen molar-refractivity contribution in [1.29, 1.82) is 0 Å². The second-order valence-electron chi connectivity index (χ2n) is 4.99. The Morgan fingerprint density at radius 3 is 2.90 bits per heavy atom. The molecule has 0 aliphatic heterocycles. The first-order valence-electron chi connectivity index (χ1n) is 6.97. The van der Waals surface area contributed by atoms with E-state index in [-0.39, 0.29) is 29.4 Å². The van der Waals surface area contributed by atoms with E-state index in [4.69, 9.17) is 14.9 Å². The fourth-order valence-electron chi connectivity index (χ4n) is 2.51. The molecule has 1 fully saturated rings. The highest BCUT2D eigenvalue weighted by Gasteiger charge is 2.32. The zero-order valence-electron chi connectivity index (χ0n) is 11.9. The normalized spacial score (nSPS) is 22.4. The lowest BCUT2D eigenvalue weighted by Crippen LogP contribution is -2.39. The summed E-state index contributed by atoms with van der Waals surface area (Å²) < 4.78 is 36.9. The third kappa shape index (κ3) is 3.63. The molecule has 1 heterocycles. The molecule has 0 amide bonds. The van der Waals surface area contributed by atoms with Crippen LogP contribution in [0, 0.1) is 5.92 Å². The van der Waals surface area contributed by atoms with Crippen molar-refractivity contribution in [2.24, 2.45) is 11.7 Å². The number of esters is 1. The molecule has 8 heteroatoms. The van der Waals surface area contributed by atoms with E-state index in [9.17, 15) is 13.2 Å². The van der Waals surface area contributed by atoms with Crippen molar-refractivity contribution in [3.8, 4) is 0 Å². The van der Waals surface area contributed by atoms with Crippen LogP contribution in [0.25, 0.3) is 0 Å². The van der Waals surface area contributed by atoms with Crippen molar-refractivity contribution in [1.82, 2.24) is 4.72 Å². The second kappa shape index (κ2) is 6.59. The molecule has 2 rings (SSSR count). The van der Waals surface area contributed by atoms with Gasteiger partial charge in [0, 0.05) is 6.04 Å². The zero-order chi connectivity index (χ0) is 15.5. The largest absolute Gasteiger partial charge is 0.460 e. The molecule has 0 aromatic carbocycles. The summed E-state index contributed by atoms with van der Waals surface area (Å²) in [6.45, 7) is 2.30. The topological polar surface area (TPSA) is 112 Å². The van der Waals surface area contributed by atoms with Crippen LogP contribution in [0.4, 0.5) is 0 Å². The number of hydrogen-bond donors (Lipinski definition) is 2. The number of rotatable bonds is 6. The summed E-state index contributed by atoms with van der Waals surface area (Å²) in [7, 11) is -3.79. The minimum atomic E-state index is -3.79. The van der Waals surface area contributed by atoms with Gasteiger partial charge in [0.05, 0.1) is 6.61 Å². The Bertz CT molecular complexity index is 595. The van der Waals surface area contributed by atoms with E-state index in [1.165, 1.54) is 12.1 Å². The van der Waals surface area contributed by atoms with Gasteiger partial charge in [0.2, 0.25) is 10.9 Å². The number of carbonyl (C=O) groups is 1. The molecular weight excluding hydrogens is 296 g/mol. The van der Waals surface area contributed by atoms with Crippen LogP contribution in [-0.4, -0.2) is 33.6 Å². The van der Waals surface area contributed by atoms with Gasteiger partial charge in [-0.3, -0.25) is 0 Å². The number of furan rings is 1. The third-order valence-electron chi connectivity index (χ3n) is 3.59. The van der Waals surface area contributed by atoms with Gasteiger partial charge < -0.3 is 14.9 Å². The first-order valence-corrected chi connectivity index (χ1v) is 8.45. The molecule has 1 aliphatic carbocycles. The fourth-order valence-corrected chi connectivity index (χ4v) is 3.78. The lowest BCUT2D eigenvalue weighted by molar-refractivity contribution is 0.0484. The van der Waals surface area contributed by atoms with E-state index in [2.05, 4.69) is 4.72 Å².